The van der Waals surface area contributed by atoms with E-state index in [4.69, 9.17) is 13.9 Å². The van der Waals surface area contributed by atoms with Crippen molar-refractivity contribution in [2.45, 2.75) is 124 Å². The molecule has 0 saturated heterocycles. The summed E-state index contributed by atoms with van der Waals surface area (Å²) in [5, 5.41) is 10.8. The maximum absolute atomic E-state index is 13.5. The van der Waals surface area contributed by atoms with E-state index >= 15 is 0 Å². The van der Waals surface area contributed by atoms with Crippen LogP contribution in [-0.2, 0) is 35.1 Å². The molecule has 48 heavy (non-hydrogen) atoms. The highest BCUT2D eigenvalue weighted by Crippen LogP contribution is 2.37. The lowest BCUT2D eigenvalue weighted by atomic mass is 10.0. The molecule has 0 unspecified atom stereocenters. The van der Waals surface area contributed by atoms with Gasteiger partial charge in [0.15, 0.2) is 0 Å². The Morgan fingerprint density at radius 2 is 1.58 bits per heavy atom. The minimum atomic E-state index is -2.06. The van der Waals surface area contributed by atoms with Gasteiger partial charge in [-0.05, 0) is 68.4 Å². The number of rotatable bonds is 9. The fourth-order valence-corrected chi connectivity index (χ4v) is 5.46. The number of carbonyl (C=O) groups is 5. The van der Waals surface area contributed by atoms with Crippen LogP contribution >= 0.6 is 0 Å². The maximum atomic E-state index is 13.5. The second kappa shape index (κ2) is 16.5. The number of nitrogens with one attached hydrogen (secondary N) is 4. The van der Waals surface area contributed by atoms with E-state index in [2.05, 4.69) is 55.1 Å². The van der Waals surface area contributed by atoms with E-state index in [0.29, 0.717) is 0 Å². The van der Waals surface area contributed by atoms with Crippen LogP contribution in [0.5, 0.6) is 5.75 Å². The van der Waals surface area contributed by atoms with Crippen molar-refractivity contribution >= 4 is 38.1 Å². The van der Waals surface area contributed by atoms with Crippen molar-refractivity contribution in [2.24, 2.45) is 11.8 Å². The normalized spacial score (nSPS) is 21.1. The lowest BCUT2D eigenvalue weighted by molar-refractivity contribution is -0.149. The molecule has 4 amide bonds. The SMILES string of the molecule is CC(C)[C@@H]1NC(=O)/C=C/[C@@H](NC(=O)[C@@H](NC(=O)OC(C)(C)C)C(C)C)COC(=O)[C@H](Cc2ccc(O[Si](C)(C)C(C)(C)C)cc2)NC1=O. The number of hydrogen-bond acceptors (Lipinski definition) is 8. The molecule has 0 radical (unpaired) electrons. The number of amides is 4. The number of cyclic esters (lactones) is 1. The van der Waals surface area contributed by atoms with Crippen molar-refractivity contribution in [3.63, 3.8) is 0 Å². The molecule has 0 bridgehead atoms. The number of benzene rings is 1. The zero-order valence-electron chi connectivity index (χ0n) is 30.6. The lowest BCUT2D eigenvalue weighted by Gasteiger charge is -2.36. The van der Waals surface area contributed by atoms with E-state index in [1.807, 2.05) is 24.3 Å². The Hall–Kier alpha value is -3.87. The van der Waals surface area contributed by atoms with Crippen molar-refractivity contribution < 1.29 is 37.9 Å². The van der Waals surface area contributed by atoms with Gasteiger partial charge < -0.3 is 35.2 Å². The highest BCUT2D eigenvalue weighted by atomic mass is 28.4. The van der Waals surface area contributed by atoms with E-state index in [-0.39, 0.29) is 29.9 Å². The van der Waals surface area contributed by atoms with Crippen LogP contribution in [0.3, 0.4) is 0 Å². The first-order chi connectivity index (χ1) is 22.0. The standard InChI is InChI=1S/C35H56N4O8Si/c1-21(2)28-31(42)37-26(19-23-13-16-25(17-14-23)47-48(11,12)35(8,9)10)32(43)45-20-24(15-18-27(40)38-28)36-30(41)29(22(3)4)39-33(44)46-34(5,6)7/h13-18,21-22,24,26,28-29H,19-20H2,1-12H3,(H,36,41)(H,37,42)(H,38,40)(H,39,44)/b18-15+/t24-,26+,28+,29+/m1/s1. The van der Waals surface area contributed by atoms with E-state index in [1.54, 1.807) is 48.5 Å². The topological polar surface area (TPSA) is 161 Å². The third-order valence-electron chi connectivity index (χ3n) is 8.22. The van der Waals surface area contributed by atoms with Gasteiger partial charge in [0, 0.05) is 12.5 Å². The van der Waals surface area contributed by atoms with E-state index in [9.17, 15) is 24.0 Å². The minimum absolute atomic E-state index is 0.0204. The lowest BCUT2D eigenvalue weighted by Crippen LogP contribution is -2.55. The Morgan fingerprint density at radius 1 is 0.979 bits per heavy atom. The third-order valence-corrected chi connectivity index (χ3v) is 12.6. The molecule has 13 heteroatoms. The van der Waals surface area contributed by atoms with Crippen molar-refractivity contribution in [1.29, 1.82) is 0 Å². The number of hydrogen-bond donors (Lipinski definition) is 4. The molecule has 268 valence electrons. The molecule has 1 heterocycles. The summed E-state index contributed by atoms with van der Waals surface area (Å²) in [6.07, 6.45) is 1.93. The smallest absolute Gasteiger partial charge is 0.408 e. The average molecular weight is 689 g/mol. The maximum Gasteiger partial charge on any atom is 0.408 e. The molecule has 0 aromatic heterocycles. The van der Waals surface area contributed by atoms with Gasteiger partial charge in [-0.25, -0.2) is 9.59 Å². The Morgan fingerprint density at radius 3 is 2.10 bits per heavy atom. The van der Waals surface area contributed by atoms with Gasteiger partial charge in [0.2, 0.25) is 26.0 Å². The fourth-order valence-electron chi connectivity index (χ4n) is 4.43. The van der Waals surface area contributed by atoms with Crippen LogP contribution in [0.15, 0.2) is 36.4 Å². The van der Waals surface area contributed by atoms with Crippen LogP contribution in [-0.4, -0.2) is 74.5 Å². The van der Waals surface area contributed by atoms with Crippen LogP contribution in [0.25, 0.3) is 0 Å². The Balaban J connectivity index is 2.31. The van der Waals surface area contributed by atoms with Crippen LogP contribution in [0.4, 0.5) is 4.79 Å². The van der Waals surface area contributed by atoms with Crippen LogP contribution < -0.4 is 25.7 Å². The number of ether oxygens (including phenoxy) is 2. The predicted octanol–water partition coefficient (Wildman–Crippen LogP) is 4.39. The second-order valence-corrected chi connectivity index (χ2v) is 20.2. The largest absolute Gasteiger partial charge is 0.544 e. The zero-order chi connectivity index (χ0) is 36.6. The summed E-state index contributed by atoms with van der Waals surface area (Å²) in [5.74, 6) is -2.23. The van der Waals surface area contributed by atoms with Crippen molar-refractivity contribution in [3.8, 4) is 5.75 Å². The monoisotopic (exact) mass is 688 g/mol. The zero-order valence-corrected chi connectivity index (χ0v) is 31.6. The van der Waals surface area contributed by atoms with E-state index in [0.717, 1.165) is 11.3 Å². The number of alkyl carbamates (subject to hydrolysis) is 1. The highest BCUT2D eigenvalue weighted by Gasteiger charge is 2.39. The molecular weight excluding hydrogens is 632 g/mol. The molecule has 12 nitrogen and oxygen atoms in total. The van der Waals surface area contributed by atoms with Gasteiger partial charge in [-0.3, -0.25) is 14.4 Å². The summed E-state index contributed by atoms with van der Waals surface area (Å²) in [6, 6.07) is 3.47. The molecule has 4 N–H and O–H groups in total. The van der Waals surface area contributed by atoms with E-state index in [1.165, 1.54) is 12.2 Å². The third kappa shape index (κ3) is 12.6. The molecule has 0 spiro atoms. The van der Waals surface area contributed by atoms with Gasteiger partial charge in [-0.1, -0.05) is 66.7 Å². The quantitative estimate of drug-likeness (QED) is 0.220. The van der Waals surface area contributed by atoms with Crippen LogP contribution in [0.1, 0.15) is 74.8 Å². The molecule has 1 aromatic rings. The first-order valence-corrected chi connectivity index (χ1v) is 19.4. The summed E-state index contributed by atoms with van der Waals surface area (Å²) >= 11 is 0. The first kappa shape index (κ1) is 40.3. The van der Waals surface area contributed by atoms with Gasteiger partial charge in [0.1, 0.15) is 36.1 Å². The summed E-state index contributed by atoms with van der Waals surface area (Å²) in [6.45, 7) is 22.7. The summed E-state index contributed by atoms with van der Waals surface area (Å²) in [7, 11) is -2.06. The molecule has 0 fully saturated rings. The molecule has 4 atom stereocenters. The minimum Gasteiger partial charge on any atom is -0.544 e. The van der Waals surface area contributed by atoms with Gasteiger partial charge in [-0.15, -0.1) is 0 Å². The van der Waals surface area contributed by atoms with Gasteiger partial charge >= 0.3 is 12.1 Å². The molecule has 1 aliphatic rings. The first-order valence-electron chi connectivity index (χ1n) is 16.5. The summed E-state index contributed by atoms with van der Waals surface area (Å²) in [4.78, 5) is 65.4. The van der Waals surface area contributed by atoms with Crippen LogP contribution in [0, 0.1) is 11.8 Å². The predicted molar refractivity (Wildman–Crippen MR) is 187 cm³/mol. The van der Waals surface area contributed by atoms with Crippen molar-refractivity contribution in [1.82, 2.24) is 21.3 Å². The summed E-state index contributed by atoms with van der Waals surface area (Å²) in [5.41, 5.74) is -0.00456. The highest BCUT2D eigenvalue weighted by molar-refractivity contribution is 6.74. The molecule has 0 aliphatic carbocycles. The molecule has 0 saturated carbocycles. The Kier molecular flexibility index (Phi) is 13.8. The van der Waals surface area contributed by atoms with Crippen molar-refractivity contribution in [3.05, 3.63) is 42.0 Å². The summed E-state index contributed by atoms with van der Waals surface area (Å²) < 4.78 is 17.3. The Bertz CT molecular complexity index is 1330. The fraction of sp³-hybridized carbons (Fsp3) is 0.629. The van der Waals surface area contributed by atoms with Gasteiger partial charge in [0.25, 0.3) is 0 Å². The Labute approximate surface area is 286 Å². The number of carbonyl (C=O) groups excluding carboxylic acids is 5. The van der Waals surface area contributed by atoms with E-state index < -0.39 is 67.9 Å². The van der Waals surface area contributed by atoms with Gasteiger partial charge in [-0.2, -0.15) is 0 Å². The second-order valence-electron chi connectivity index (χ2n) is 15.5. The molecular formula is C35H56N4O8Si. The molecule has 1 aromatic carbocycles. The molecule has 2 rings (SSSR count). The number of esters is 1. The molecule has 1 aliphatic heterocycles. The van der Waals surface area contributed by atoms with Gasteiger partial charge in [0.05, 0.1) is 6.04 Å². The van der Waals surface area contributed by atoms with Crippen LogP contribution in [0.2, 0.25) is 18.1 Å². The average Bonchev–Trinajstić information content (AvgIpc) is 2.93. The van der Waals surface area contributed by atoms with Crippen molar-refractivity contribution in [2.75, 3.05) is 6.61 Å².